The summed E-state index contributed by atoms with van der Waals surface area (Å²) in [6.07, 6.45) is 0.313. The van der Waals surface area contributed by atoms with E-state index in [2.05, 4.69) is 0 Å². The van der Waals surface area contributed by atoms with Crippen LogP contribution in [0.3, 0.4) is 0 Å². The summed E-state index contributed by atoms with van der Waals surface area (Å²) in [6, 6.07) is 0. The van der Waals surface area contributed by atoms with Crippen LogP contribution in [0.25, 0.3) is 0 Å². The first-order valence-electron chi connectivity index (χ1n) is 5.10. The quantitative estimate of drug-likeness (QED) is 0.635. The predicted molar refractivity (Wildman–Crippen MR) is 55.9 cm³/mol. The van der Waals surface area contributed by atoms with Gasteiger partial charge in [0.25, 0.3) is 0 Å². The lowest BCUT2D eigenvalue weighted by molar-refractivity contribution is -0.167. The molecule has 0 aromatic rings. The predicted octanol–water partition coefficient (Wildman–Crippen LogP) is -0.583. The standard InChI is InChI=1S/C9H16O6S/c10-4-1-5-15-9(8(11)12)2-6-16(13,14)7-3-9/h10H,1-7H2,(H,11,12). The van der Waals surface area contributed by atoms with Gasteiger partial charge in [0, 0.05) is 19.4 Å². The second-order valence-corrected chi connectivity index (χ2v) is 6.18. The SMILES string of the molecule is O=C(O)C1(OCCCO)CCS(=O)(=O)CC1. The summed E-state index contributed by atoms with van der Waals surface area (Å²) in [5, 5.41) is 17.7. The molecule has 0 amide bonds. The average Bonchev–Trinajstić information content (AvgIpc) is 2.21. The van der Waals surface area contributed by atoms with E-state index >= 15 is 0 Å². The van der Waals surface area contributed by atoms with Crippen molar-refractivity contribution in [1.29, 1.82) is 0 Å². The molecule has 0 aromatic heterocycles. The molecule has 0 radical (unpaired) electrons. The maximum atomic E-state index is 11.2. The number of hydrogen-bond acceptors (Lipinski definition) is 5. The maximum absolute atomic E-state index is 11.2. The number of carboxylic acid groups (broad SMARTS) is 1. The van der Waals surface area contributed by atoms with Gasteiger partial charge in [-0.25, -0.2) is 13.2 Å². The van der Waals surface area contributed by atoms with Crippen LogP contribution in [0.4, 0.5) is 0 Å². The molecule has 0 unspecified atom stereocenters. The molecule has 0 bridgehead atoms. The van der Waals surface area contributed by atoms with Crippen molar-refractivity contribution in [2.24, 2.45) is 0 Å². The van der Waals surface area contributed by atoms with Gasteiger partial charge in [-0.2, -0.15) is 0 Å². The topological polar surface area (TPSA) is 101 Å². The summed E-state index contributed by atoms with van der Waals surface area (Å²) in [4.78, 5) is 11.1. The van der Waals surface area contributed by atoms with Gasteiger partial charge < -0.3 is 14.9 Å². The maximum Gasteiger partial charge on any atom is 0.336 e. The number of carbonyl (C=O) groups is 1. The molecule has 0 spiro atoms. The van der Waals surface area contributed by atoms with E-state index in [9.17, 15) is 13.2 Å². The Kier molecular flexibility index (Phi) is 4.28. The summed E-state index contributed by atoms with van der Waals surface area (Å²) in [5.41, 5.74) is -1.39. The van der Waals surface area contributed by atoms with Crippen molar-refractivity contribution in [2.45, 2.75) is 24.9 Å². The Hall–Kier alpha value is -0.660. The van der Waals surface area contributed by atoms with Gasteiger partial charge >= 0.3 is 5.97 Å². The number of carboxylic acids is 1. The summed E-state index contributed by atoms with van der Waals surface area (Å²) in [7, 11) is -3.11. The fourth-order valence-corrected chi connectivity index (χ4v) is 3.11. The molecule has 7 heteroatoms. The average molecular weight is 252 g/mol. The molecule has 1 rings (SSSR count). The van der Waals surface area contributed by atoms with Gasteiger partial charge in [-0.05, 0) is 6.42 Å². The first kappa shape index (κ1) is 13.4. The number of rotatable bonds is 5. The number of ether oxygens (including phenoxy) is 1. The number of hydrogen-bond donors (Lipinski definition) is 2. The molecule has 1 aliphatic heterocycles. The molecule has 0 aromatic carbocycles. The van der Waals surface area contributed by atoms with Crippen molar-refractivity contribution >= 4 is 15.8 Å². The van der Waals surface area contributed by atoms with E-state index in [1.807, 2.05) is 0 Å². The van der Waals surface area contributed by atoms with E-state index in [1.165, 1.54) is 0 Å². The normalized spacial score (nSPS) is 22.8. The Balaban J connectivity index is 2.65. The van der Waals surface area contributed by atoms with E-state index in [1.54, 1.807) is 0 Å². The molecule has 1 saturated heterocycles. The zero-order valence-electron chi connectivity index (χ0n) is 8.89. The molecule has 1 aliphatic rings. The van der Waals surface area contributed by atoms with Crippen LogP contribution in [0.15, 0.2) is 0 Å². The molecule has 1 heterocycles. The first-order valence-corrected chi connectivity index (χ1v) is 6.93. The molecule has 2 N–H and O–H groups in total. The second-order valence-electron chi connectivity index (χ2n) is 3.88. The molecule has 6 nitrogen and oxygen atoms in total. The third-order valence-electron chi connectivity index (χ3n) is 2.70. The van der Waals surface area contributed by atoms with Crippen LogP contribution in [0.1, 0.15) is 19.3 Å². The van der Waals surface area contributed by atoms with Crippen molar-refractivity contribution < 1.29 is 28.2 Å². The molecule has 0 atom stereocenters. The highest BCUT2D eigenvalue weighted by Crippen LogP contribution is 2.28. The lowest BCUT2D eigenvalue weighted by atomic mass is 9.97. The summed E-state index contributed by atoms with van der Waals surface area (Å²) >= 11 is 0. The monoisotopic (exact) mass is 252 g/mol. The van der Waals surface area contributed by atoms with Crippen molar-refractivity contribution in [3.05, 3.63) is 0 Å². The van der Waals surface area contributed by atoms with E-state index in [4.69, 9.17) is 14.9 Å². The minimum absolute atomic E-state index is 0.0178. The van der Waals surface area contributed by atoms with E-state index in [-0.39, 0.29) is 37.6 Å². The highest BCUT2D eigenvalue weighted by Gasteiger charge is 2.44. The van der Waals surface area contributed by atoms with Crippen LogP contribution in [-0.2, 0) is 19.4 Å². The smallest absolute Gasteiger partial charge is 0.336 e. The van der Waals surface area contributed by atoms with E-state index < -0.39 is 21.4 Å². The fraction of sp³-hybridized carbons (Fsp3) is 0.889. The Morgan fingerprint density at radius 1 is 1.31 bits per heavy atom. The molecule has 16 heavy (non-hydrogen) atoms. The largest absolute Gasteiger partial charge is 0.479 e. The van der Waals surface area contributed by atoms with Gasteiger partial charge in [0.05, 0.1) is 18.1 Å². The second kappa shape index (κ2) is 5.11. The zero-order valence-corrected chi connectivity index (χ0v) is 9.70. The fourth-order valence-electron chi connectivity index (χ4n) is 1.62. The van der Waals surface area contributed by atoms with Gasteiger partial charge in [-0.15, -0.1) is 0 Å². The highest BCUT2D eigenvalue weighted by molar-refractivity contribution is 7.91. The molecule has 0 aliphatic carbocycles. The first-order chi connectivity index (χ1) is 7.42. The third kappa shape index (κ3) is 3.16. The van der Waals surface area contributed by atoms with Crippen molar-refractivity contribution in [1.82, 2.24) is 0 Å². The summed E-state index contributed by atoms with van der Waals surface area (Å²) in [5.74, 6) is -1.43. The van der Waals surface area contributed by atoms with Crippen molar-refractivity contribution in [3.8, 4) is 0 Å². The van der Waals surface area contributed by atoms with Crippen LogP contribution < -0.4 is 0 Å². The molecule has 0 saturated carbocycles. The van der Waals surface area contributed by atoms with Gasteiger partial charge in [-0.3, -0.25) is 0 Å². The molecule has 1 fully saturated rings. The van der Waals surface area contributed by atoms with E-state index in [0.717, 1.165) is 0 Å². The molecule has 94 valence electrons. The van der Waals surface area contributed by atoms with Gasteiger partial charge in [0.1, 0.15) is 0 Å². The Labute approximate surface area is 94.1 Å². The Morgan fingerprint density at radius 2 is 1.88 bits per heavy atom. The van der Waals surface area contributed by atoms with Crippen LogP contribution >= 0.6 is 0 Å². The minimum Gasteiger partial charge on any atom is -0.479 e. The zero-order chi connectivity index (χ0) is 12.2. The number of aliphatic carboxylic acids is 1. The lowest BCUT2D eigenvalue weighted by Crippen LogP contribution is -2.48. The molecular formula is C9H16O6S. The van der Waals surface area contributed by atoms with Crippen molar-refractivity contribution in [3.63, 3.8) is 0 Å². The highest BCUT2D eigenvalue weighted by atomic mass is 32.2. The lowest BCUT2D eigenvalue weighted by Gasteiger charge is -2.32. The van der Waals surface area contributed by atoms with Crippen LogP contribution in [-0.4, -0.2) is 54.9 Å². The van der Waals surface area contributed by atoms with Gasteiger partial charge in [-0.1, -0.05) is 0 Å². The number of aliphatic hydroxyl groups is 1. The van der Waals surface area contributed by atoms with Crippen LogP contribution in [0, 0.1) is 0 Å². The van der Waals surface area contributed by atoms with E-state index in [0.29, 0.717) is 6.42 Å². The summed E-state index contributed by atoms with van der Waals surface area (Å²) in [6.45, 7) is 0.0524. The van der Waals surface area contributed by atoms with Crippen molar-refractivity contribution in [2.75, 3.05) is 24.7 Å². The van der Waals surface area contributed by atoms with Gasteiger partial charge in [0.15, 0.2) is 15.4 Å². The molecular weight excluding hydrogens is 236 g/mol. The van der Waals surface area contributed by atoms with Gasteiger partial charge in [0.2, 0.25) is 0 Å². The minimum atomic E-state index is -3.11. The van der Waals surface area contributed by atoms with Crippen LogP contribution in [0.2, 0.25) is 0 Å². The Bertz CT molecular complexity index is 333. The Morgan fingerprint density at radius 3 is 2.31 bits per heavy atom. The third-order valence-corrected chi connectivity index (χ3v) is 4.36. The number of sulfone groups is 1. The number of aliphatic hydroxyl groups excluding tert-OH is 1. The summed E-state index contributed by atoms with van der Waals surface area (Å²) < 4.78 is 27.6. The van der Waals surface area contributed by atoms with Crippen LogP contribution in [0.5, 0.6) is 0 Å².